The lowest BCUT2D eigenvalue weighted by atomic mass is 10.3. The summed E-state index contributed by atoms with van der Waals surface area (Å²) in [6.07, 6.45) is 2.70. The van der Waals surface area contributed by atoms with Gasteiger partial charge in [0.1, 0.15) is 5.82 Å². The van der Waals surface area contributed by atoms with Gasteiger partial charge in [0.05, 0.1) is 11.0 Å². The number of aryl methyl sites for hydroxylation is 1. The number of hydrogen-bond acceptors (Lipinski definition) is 2. The topological polar surface area (TPSA) is 54.2 Å². The Hall–Kier alpha value is -2.04. The van der Waals surface area contributed by atoms with Crippen molar-refractivity contribution in [2.24, 2.45) is 10.9 Å². The van der Waals surface area contributed by atoms with E-state index in [0.29, 0.717) is 0 Å². The van der Waals surface area contributed by atoms with Gasteiger partial charge in [-0.3, -0.25) is 4.99 Å². The number of nitrogens with zero attached hydrogens (tertiary/aromatic N) is 3. The smallest absolute Gasteiger partial charge is 0.191 e. The molecule has 21 heavy (non-hydrogen) atoms. The molecular weight excluding hydrogens is 262 g/mol. The van der Waals surface area contributed by atoms with Crippen LogP contribution in [0.1, 0.15) is 18.7 Å². The third-order valence-corrected chi connectivity index (χ3v) is 3.95. The molecule has 0 spiro atoms. The quantitative estimate of drug-likeness (QED) is 0.652. The average molecular weight is 285 g/mol. The van der Waals surface area contributed by atoms with Crippen molar-refractivity contribution in [2.45, 2.75) is 26.3 Å². The lowest BCUT2D eigenvalue weighted by Crippen LogP contribution is -2.39. The number of rotatable bonds is 5. The molecule has 5 nitrogen and oxygen atoms in total. The first-order valence-electron chi connectivity index (χ1n) is 7.64. The molecule has 1 saturated carbocycles. The second-order valence-electron chi connectivity index (χ2n) is 5.62. The van der Waals surface area contributed by atoms with Crippen LogP contribution in [0, 0.1) is 12.8 Å². The Morgan fingerprint density at radius 1 is 1.33 bits per heavy atom. The molecule has 1 aliphatic rings. The van der Waals surface area contributed by atoms with Gasteiger partial charge in [0, 0.05) is 26.7 Å². The second kappa shape index (κ2) is 6.16. The molecule has 3 rings (SSSR count). The third kappa shape index (κ3) is 3.35. The van der Waals surface area contributed by atoms with E-state index in [1.54, 1.807) is 0 Å². The number of nitrogens with one attached hydrogen (secondary N) is 2. The Bertz CT molecular complexity index is 639. The zero-order chi connectivity index (χ0) is 14.7. The number of hydrogen-bond donors (Lipinski definition) is 2. The van der Waals surface area contributed by atoms with E-state index in [4.69, 9.17) is 0 Å². The van der Waals surface area contributed by atoms with Crippen molar-refractivity contribution in [3.05, 3.63) is 30.1 Å². The minimum absolute atomic E-state index is 0.839. The number of aliphatic imine (C=N–C) groups is 1. The van der Waals surface area contributed by atoms with Crippen molar-refractivity contribution >= 4 is 17.0 Å². The Labute approximate surface area is 125 Å². The van der Waals surface area contributed by atoms with Crippen LogP contribution >= 0.6 is 0 Å². The number of fused-ring (bicyclic) bond motifs is 1. The molecule has 5 heteroatoms. The molecule has 112 valence electrons. The van der Waals surface area contributed by atoms with Gasteiger partial charge in [-0.25, -0.2) is 4.98 Å². The molecule has 0 radical (unpaired) electrons. The molecule has 0 amide bonds. The van der Waals surface area contributed by atoms with Crippen molar-refractivity contribution in [3.63, 3.8) is 0 Å². The number of imidazole rings is 1. The maximum absolute atomic E-state index is 4.59. The van der Waals surface area contributed by atoms with Crippen molar-refractivity contribution in [2.75, 3.05) is 20.1 Å². The molecular formula is C16H23N5. The van der Waals surface area contributed by atoms with Crippen LogP contribution in [-0.4, -0.2) is 35.6 Å². The van der Waals surface area contributed by atoms with Gasteiger partial charge in [-0.05, 0) is 37.8 Å². The highest BCUT2D eigenvalue weighted by atomic mass is 15.2. The van der Waals surface area contributed by atoms with E-state index in [9.17, 15) is 0 Å². The fourth-order valence-corrected chi connectivity index (χ4v) is 2.55. The standard InChI is InChI=1S/C16H23N5/c1-12-20-14-5-3-4-6-15(14)21(12)10-9-18-16(17-2)19-11-13-7-8-13/h3-6,13H,7-11H2,1-2H3,(H2,17,18,19). The van der Waals surface area contributed by atoms with Crippen molar-refractivity contribution in [1.29, 1.82) is 0 Å². The van der Waals surface area contributed by atoms with Gasteiger partial charge in [0.25, 0.3) is 0 Å². The van der Waals surface area contributed by atoms with Crippen LogP contribution in [-0.2, 0) is 6.54 Å². The van der Waals surface area contributed by atoms with Crippen LogP contribution in [0.15, 0.2) is 29.3 Å². The van der Waals surface area contributed by atoms with Crippen LogP contribution in [0.4, 0.5) is 0 Å². The molecule has 0 saturated heterocycles. The van der Waals surface area contributed by atoms with Gasteiger partial charge in [-0.1, -0.05) is 12.1 Å². The average Bonchev–Trinajstić information content (AvgIpc) is 3.26. The van der Waals surface area contributed by atoms with E-state index in [2.05, 4.69) is 50.3 Å². The summed E-state index contributed by atoms with van der Waals surface area (Å²) in [5.41, 5.74) is 2.25. The normalized spacial score (nSPS) is 15.4. The molecule has 1 aliphatic carbocycles. The maximum Gasteiger partial charge on any atom is 0.191 e. The van der Waals surface area contributed by atoms with Gasteiger partial charge in [-0.15, -0.1) is 0 Å². The predicted molar refractivity (Wildman–Crippen MR) is 86.6 cm³/mol. The summed E-state index contributed by atoms with van der Waals surface area (Å²) < 4.78 is 2.25. The molecule has 1 heterocycles. The molecule has 0 aliphatic heterocycles. The Kier molecular flexibility index (Phi) is 4.08. The van der Waals surface area contributed by atoms with E-state index in [1.807, 2.05) is 13.1 Å². The van der Waals surface area contributed by atoms with Gasteiger partial charge in [0.2, 0.25) is 0 Å². The lowest BCUT2D eigenvalue weighted by Gasteiger charge is -2.12. The van der Waals surface area contributed by atoms with Gasteiger partial charge in [-0.2, -0.15) is 0 Å². The molecule has 2 N–H and O–H groups in total. The molecule has 2 aromatic rings. The SMILES string of the molecule is CN=C(NCCn1c(C)nc2ccccc21)NCC1CC1. The first-order chi connectivity index (χ1) is 10.3. The summed E-state index contributed by atoms with van der Waals surface area (Å²) in [6, 6.07) is 8.27. The summed E-state index contributed by atoms with van der Waals surface area (Å²) in [4.78, 5) is 8.85. The van der Waals surface area contributed by atoms with Gasteiger partial charge < -0.3 is 15.2 Å². The second-order valence-corrected chi connectivity index (χ2v) is 5.62. The molecule has 1 aromatic carbocycles. The Morgan fingerprint density at radius 3 is 2.90 bits per heavy atom. The largest absolute Gasteiger partial charge is 0.356 e. The number of aromatic nitrogens is 2. The van der Waals surface area contributed by atoms with E-state index in [1.165, 1.54) is 18.4 Å². The first kappa shape index (κ1) is 13.9. The van der Waals surface area contributed by atoms with Crippen LogP contribution in [0.5, 0.6) is 0 Å². The van der Waals surface area contributed by atoms with Gasteiger partial charge >= 0.3 is 0 Å². The predicted octanol–water partition coefficient (Wildman–Crippen LogP) is 1.92. The van der Waals surface area contributed by atoms with E-state index >= 15 is 0 Å². The van der Waals surface area contributed by atoms with E-state index < -0.39 is 0 Å². The highest BCUT2D eigenvalue weighted by Crippen LogP contribution is 2.27. The Balaban J connectivity index is 1.57. The van der Waals surface area contributed by atoms with E-state index in [0.717, 1.165) is 42.9 Å². The lowest BCUT2D eigenvalue weighted by molar-refractivity contribution is 0.654. The first-order valence-corrected chi connectivity index (χ1v) is 7.64. The van der Waals surface area contributed by atoms with E-state index in [-0.39, 0.29) is 0 Å². The zero-order valence-corrected chi connectivity index (χ0v) is 12.8. The van der Waals surface area contributed by atoms with Crippen LogP contribution in [0.25, 0.3) is 11.0 Å². The van der Waals surface area contributed by atoms with Crippen LogP contribution in [0.2, 0.25) is 0 Å². The summed E-state index contributed by atoms with van der Waals surface area (Å²) >= 11 is 0. The van der Waals surface area contributed by atoms with Crippen molar-refractivity contribution in [3.8, 4) is 0 Å². The number of para-hydroxylation sites is 2. The van der Waals surface area contributed by atoms with Crippen LogP contribution < -0.4 is 10.6 Å². The summed E-state index contributed by atoms with van der Waals surface area (Å²) in [5, 5.41) is 6.75. The molecule has 0 bridgehead atoms. The third-order valence-electron chi connectivity index (χ3n) is 3.95. The molecule has 1 fully saturated rings. The molecule has 0 atom stereocenters. The number of guanidine groups is 1. The molecule has 0 unspecified atom stereocenters. The van der Waals surface area contributed by atoms with Gasteiger partial charge in [0.15, 0.2) is 5.96 Å². The minimum Gasteiger partial charge on any atom is -0.356 e. The summed E-state index contributed by atoms with van der Waals surface area (Å²) in [7, 11) is 1.82. The fraction of sp³-hybridized carbons (Fsp3) is 0.500. The van der Waals surface area contributed by atoms with Crippen molar-refractivity contribution < 1.29 is 0 Å². The highest BCUT2D eigenvalue weighted by Gasteiger charge is 2.20. The van der Waals surface area contributed by atoms with Crippen molar-refractivity contribution in [1.82, 2.24) is 20.2 Å². The summed E-state index contributed by atoms with van der Waals surface area (Å²) in [5.74, 6) is 2.80. The molecule has 1 aromatic heterocycles. The monoisotopic (exact) mass is 285 g/mol. The van der Waals surface area contributed by atoms with Crippen LogP contribution in [0.3, 0.4) is 0 Å². The fourth-order valence-electron chi connectivity index (χ4n) is 2.55. The summed E-state index contributed by atoms with van der Waals surface area (Å²) in [6.45, 7) is 4.81. The maximum atomic E-state index is 4.59. The number of benzene rings is 1. The highest BCUT2D eigenvalue weighted by molar-refractivity contribution is 5.79. The zero-order valence-electron chi connectivity index (χ0n) is 12.8. The minimum atomic E-state index is 0.839. The Morgan fingerprint density at radius 2 is 2.14 bits per heavy atom.